The Morgan fingerprint density at radius 2 is 1.50 bits per heavy atom. The first-order chi connectivity index (χ1) is 7.18. The van der Waals surface area contributed by atoms with E-state index in [1.165, 1.54) is 13.1 Å². The lowest BCUT2D eigenvalue weighted by atomic mass is 9.81. The van der Waals surface area contributed by atoms with Crippen LogP contribution in [0.25, 0.3) is 0 Å². The molecule has 0 aromatic carbocycles. The van der Waals surface area contributed by atoms with Crippen LogP contribution >= 0.6 is 12.6 Å². The molecule has 0 amide bonds. The van der Waals surface area contributed by atoms with Gasteiger partial charge in [-0.3, -0.25) is 0 Å². The van der Waals surface area contributed by atoms with Gasteiger partial charge in [0.15, 0.2) is 0 Å². The summed E-state index contributed by atoms with van der Waals surface area (Å²) in [5.74, 6) is 2.38. The molecule has 2 heteroatoms. The maximum atomic E-state index is 4.52. The van der Waals surface area contributed by atoms with Gasteiger partial charge in [0.1, 0.15) is 0 Å². The number of rotatable bonds is 6. The van der Waals surface area contributed by atoms with E-state index >= 15 is 0 Å². The highest BCUT2D eigenvalue weighted by atomic mass is 32.1. The molecule has 0 heterocycles. The van der Waals surface area contributed by atoms with Crippen molar-refractivity contribution in [2.45, 2.75) is 54.5 Å². The molecule has 0 radical (unpaired) electrons. The second-order valence-corrected chi connectivity index (χ2v) is 7.05. The molecule has 1 nitrogen and oxygen atoms in total. The molecule has 98 valence electrons. The van der Waals surface area contributed by atoms with Gasteiger partial charge in [-0.1, -0.05) is 34.6 Å². The average Bonchev–Trinajstić information content (AvgIpc) is 2.08. The van der Waals surface area contributed by atoms with E-state index in [0.717, 1.165) is 11.7 Å². The van der Waals surface area contributed by atoms with E-state index in [2.05, 4.69) is 66.0 Å². The molecule has 0 N–H and O–H groups in total. The summed E-state index contributed by atoms with van der Waals surface area (Å²) in [5, 5.41) is 0. The summed E-state index contributed by atoms with van der Waals surface area (Å²) in [4.78, 5) is 2.59. The summed E-state index contributed by atoms with van der Waals surface area (Å²) >= 11 is 4.52. The minimum Gasteiger partial charge on any atom is -0.300 e. The van der Waals surface area contributed by atoms with E-state index in [1.807, 2.05) is 0 Å². The molecule has 0 aliphatic rings. The van der Waals surface area contributed by atoms with Gasteiger partial charge in [0.25, 0.3) is 0 Å². The lowest BCUT2D eigenvalue weighted by Crippen LogP contribution is -2.42. The van der Waals surface area contributed by atoms with Crippen molar-refractivity contribution in [3.05, 3.63) is 0 Å². The standard InChI is InChI=1S/C14H31NS/c1-11(2)8-15(12(3)4)9-13(10-16)14(5,6)7/h11-13,16H,8-10H2,1-7H3. The summed E-state index contributed by atoms with van der Waals surface area (Å²) in [6.45, 7) is 18.5. The van der Waals surface area contributed by atoms with E-state index in [9.17, 15) is 0 Å². The van der Waals surface area contributed by atoms with Crippen molar-refractivity contribution in [2.75, 3.05) is 18.8 Å². The Bertz CT molecular complexity index is 182. The van der Waals surface area contributed by atoms with Gasteiger partial charge in [0, 0.05) is 19.1 Å². The first-order valence-electron chi connectivity index (χ1n) is 6.53. The third kappa shape index (κ3) is 6.15. The Kier molecular flexibility index (Phi) is 7.04. The Hall–Kier alpha value is 0.310. The highest BCUT2D eigenvalue weighted by molar-refractivity contribution is 7.80. The molecule has 16 heavy (non-hydrogen) atoms. The van der Waals surface area contributed by atoms with Crippen molar-refractivity contribution < 1.29 is 0 Å². The van der Waals surface area contributed by atoms with Crippen molar-refractivity contribution in [1.29, 1.82) is 0 Å². The van der Waals surface area contributed by atoms with E-state index in [-0.39, 0.29) is 0 Å². The van der Waals surface area contributed by atoms with E-state index in [1.54, 1.807) is 0 Å². The summed E-state index contributed by atoms with van der Waals surface area (Å²) < 4.78 is 0. The van der Waals surface area contributed by atoms with Crippen LogP contribution in [0, 0.1) is 17.3 Å². The average molecular weight is 245 g/mol. The van der Waals surface area contributed by atoms with Gasteiger partial charge >= 0.3 is 0 Å². The SMILES string of the molecule is CC(C)CN(CC(CS)C(C)(C)C)C(C)C. The Balaban J connectivity index is 4.47. The molecule has 0 aromatic rings. The fourth-order valence-corrected chi connectivity index (χ4v) is 2.52. The predicted octanol–water partition coefficient (Wildman–Crippen LogP) is 3.94. The molecule has 0 rings (SSSR count). The number of nitrogens with zero attached hydrogens (tertiary/aromatic N) is 1. The highest BCUT2D eigenvalue weighted by Crippen LogP contribution is 2.28. The lowest BCUT2D eigenvalue weighted by molar-refractivity contribution is 0.126. The van der Waals surface area contributed by atoms with Crippen LogP contribution in [0.4, 0.5) is 0 Å². The molecular weight excluding hydrogens is 214 g/mol. The van der Waals surface area contributed by atoms with Crippen LogP contribution < -0.4 is 0 Å². The van der Waals surface area contributed by atoms with Crippen LogP contribution in [0.15, 0.2) is 0 Å². The zero-order valence-corrected chi connectivity index (χ0v) is 13.1. The van der Waals surface area contributed by atoms with Crippen molar-refractivity contribution in [2.24, 2.45) is 17.3 Å². The molecule has 0 aliphatic carbocycles. The van der Waals surface area contributed by atoms with Crippen molar-refractivity contribution in [3.8, 4) is 0 Å². The van der Waals surface area contributed by atoms with Gasteiger partial charge in [-0.2, -0.15) is 12.6 Å². The largest absolute Gasteiger partial charge is 0.300 e. The van der Waals surface area contributed by atoms with Crippen LogP contribution in [0.1, 0.15) is 48.5 Å². The molecular formula is C14H31NS. The zero-order valence-electron chi connectivity index (χ0n) is 12.2. The quantitative estimate of drug-likeness (QED) is 0.694. The van der Waals surface area contributed by atoms with E-state index < -0.39 is 0 Å². The summed E-state index contributed by atoms with van der Waals surface area (Å²) in [6.07, 6.45) is 0. The van der Waals surface area contributed by atoms with Crippen molar-refractivity contribution in [3.63, 3.8) is 0 Å². The highest BCUT2D eigenvalue weighted by Gasteiger charge is 2.26. The second-order valence-electron chi connectivity index (χ2n) is 6.69. The fourth-order valence-electron chi connectivity index (χ4n) is 1.85. The lowest BCUT2D eigenvalue weighted by Gasteiger charge is -2.37. The molecule has 1 atom stereocenters. The molecule has 0 spiro atoms. The van der Waals surface area contributed by atoms with Gasteiger partial charge in [-0.25, -0.2) is 0 Å². The van der Waals surface area contributed by atoms with Crippen molar-refractivity contribution >= 4 is 12.6 Å². The topological polar surface area (TPSA) is 3.24 Å². The summed E-state index contributed by atoms with van der Waals surface area (Å²) in [5.41, 5.74) is 0.353. The van der Waals surface area contributed by atoms with Gasteiger partial charge in [-0.05, 0) is 36.9 Å². The molecule has 0 saturated heterocycles. The second kappa shape index (κ2) is 6.90. The first-order valence-corrected chi connectivity index (χ1v) is 7.16. The van der Waals surface area contributed by atoms with Crippen LogP contribution in [-0.2, 0) is 0 Å². The monoisotopic (exact) mass is 245 g/mol. The summed E-state index contributed by atoms with van der Waals surface area (Å²) in [7, 11) is 0. The third-order valence-electron chi connectivity index (χ3n) is 3.23. The fraction of sp³-hybridized carbons (Fsp3) is 1.00. The zero-order chi connectivity index (χ0) is 12.9. The number of thiol groups is 1. The van der Waals surface area contributed by atoms with Crippen LogP contribution in [0.2, 0.25) is 0 Å². The first kappa shape index (κ1) is 16.3. The molecule has 0 aromatic heterocycles. The van der Waals surface area contributed by atoms with E-state index in [0.29, 0.717) is 17.4 Å². The maximum Gasteiger partial charge on any atom is 0.00388 e. The molecule has 0 bridgehead atoms. The normalized spacial score (nSPS) is 15.2. The Labute approximate surface area is 108 Å². The van der Waals surface area contributed by atoms with Crippen molar-refractivity contribution in [1.82, 2.24) is 4.90 Å². The molecule has 0 aliphatic heterocycles. The molecule has 0 saturated carbocycles. The van der Waals surface area contributed by atoms with Crippen LogP contribution in [0.5, 0.6) is 0 Å². The molecule has 0 fully saturated rings. The Morgan fingerprint density at radius 3 is 1.75 bits per heavy atom. The summed E-state index contributed by atoms with van der Waals surface area (Å²) in [6, 6.07) is 0.632. The Morgan fingerprint density at radius 1 is 1.00 bits per heavy atom. The third-order valence-corrected chi connectivity index (χ3v) is 3.67. The predicted molar refractivity (Wildman–Crippen MR) is 78.3 cm³/mol. The maximum absolute atomic E-state index is 4.52. The van der Waals surface area contributed by atoms with Gasteiger partial charge in [0.05, 0.1) is 0 Å². The smallest absolute Gasteiger partial charge is 0.00388 e. The van der Waals surface area contributed by atoms with Crippen LogP contribution in [-0.4, -0.2) is 29.8 Å². The minimum atomic E-state index is 0.353. The van der Waals surface area contributed by atoms with Gasteiger partial charge < -0.3 is 4.90 Å². The van der Waals surface area contributed by atoms with E-state index in [4.69, 9.17) is 0 Å². The van der Waals surface area contributed by atoms with Gasteiger partial charge in [0.2, 0.25) is 0 Å². The number of hydrogen-bond donors (Lipinski definition) is 1. The number of hydrogen-bond acceptors (Lipinski definition) is 2. The minimum absolute atomic E-state index is 0.353. The van der Waals surface area contributed by atoms with Gasteiger partial charge in [-0.15, -0.1) is 0 Å². The molecule has 1 unspecified atom stereocenters. The van der Waals surface area contributed by atoms with Crippen LogP contribution in [0.3, 0.4) is 0 Å².